The number of anilines is 1. The van der Waals surface area contributed by atoms with E-state index in [1.165, 1.54) is 23.9 Å². The summed E-state index contributed by atoms with van der Waals surface area (Å²) < 4.78 is 4.84. The van der Waals surface area contributed by atoms with Crippen molar-refractivity contribution in [2.45, 2.75) is 40.2 Å². The Hall–Kier alpha value is -2.24. The zero-order valence-corrected chi connectivity index (χ0v) is 16.5. The highest BCUT2D eigenvalue weighted by molar-refractivity contribution is 5.84. The first kappa shape index (κ1) is 20.1. The maximum absolute atomic E-state index is 12.6. The van der Waals surface area contributed by atoms with E-state index in [0.717, 1.165) is 19.5 Å². The number of carbonyl (C=O) groups excluding carboxylic acids is 2. The quantitative estimate of drug-likeness (QED) is 0.819. The second-order valence-electron chi connectivity index (χ2n) is 7.03. The standard InChI is InChI=1S/C20H31N3O3/c1-6-14(2)18(19(24)26-5)21-20(25)23-12-10-22(11-13-23)17-9-7-8-15(3)16(17)4/h7-9,14,18H,6,10-13H2,1-5H3,(H,21,25)/t14-,18+/m1/s1. The van der Waals surface area contributed by atoms with Crippen LogP contribution in [0.3, 0.4) is 0 Å². The fourth-order valence-corrected chi connectivity index (χ4v) is 3.25. The van der Waals surface area contributed by atoms with Crippen LogP contribution in [0.4, 0.5) is 10.5 Å². The summed E-state index contributed by atoms with van der Waals surface area (Å²) in [5.74, 6) is -0.357. The maximum Gasteiger partial charge on any atom is 0.328 e. The predicted octanol–water partition coefficient (Wildman–Crippen LogP) is 2.72. The van der Waals surface area contributed by atoms with E-state index in [2.05, 4.69) is 42.3 Å². The zero-order chi connectivity index (χ0) is 19.3. The molecule has 1 fully saturated rings. The number of nitrogens with one attached hydrogen (secondary N) is 1. The molecule has 0 aromatic heterocycles. The molecule has 1 aliphatic rings. The van der Waals surface area contributed by atoms with Crippen molar-refractivity contribution in [1.82, 2.24) is 10.2 Å². The molecule has 26 heavy (non-hydrogen) atoms. The second kappa shape index (κ2) is 8.92. The van der Waals surface area contributed by atoms with Crippen molar-refractivity contribution in [2.24, 2.45) is 5.92 Å². The minimum Gasteiger partial charge on any atom is -0.467 e. The third-order valence-corrected chi connectivity index (χ3v) is 5.43. The van der Waals surface area contributed by atoms with Gasteiger partial charge in [-0.1, -0.05) is 32.4 Å². The molecule has 0 saturated carbocycles. The first-order chi connectivity index (χ1) is 12.4. The molecule has 0 unspecified atom stereocenters. The number of nitrogens with zero attached hydrogens (tertiary/aromatic N) is 2. The van der Waals surface area contributed by atoms with Crippen LogP contribution in [0.2, 0.25) is 0 Å². The van der Waals surface area contributed by atoms with Crippen LogP contribution in [0.5, 0.6) is 0 Å². The summed E-state index contributed by atoms with van der Waals surface area (Å²) in [6.07, 6.45) is 0.792. The highest BCUT2D eigenvalue weighted by atomic mass is 16.5. The minimum absolute atomic E-state index is 0.0302. The van der Waals surface area contributed by atoms with Gasteiger partial charge in [-0.15, -0.1) is 0 Å². The van der Waals surface area contributed by atoms with E-state index in [4.69, 9.17) is 4.74 Å². The minimum atomic E-state index is -0.602. The Morgan fingerprint density at radius 1 is 1.19 bits per heavy atom. The molecule has 2 rings (SSSR count). The van der Waals surface area contributed by atoms with E-state index in [9.17, 15) is 9.59 Å². The summed E-state index contributed by atoms with van der Waals surface area (Å²) in [6.45, 7) is 11.0. The Labute approximate surface area is 156 Å². The number of amides is 2. The van der Waals surface area contributed by atoms with Crippen LogP contribution in [-0.2, 0) is 9.53 Å². The van der Waals surface area contributed by atoms with Crippen molar-refractivity contribution in [3.8, 4) is 0 Å². The summed E-state index contributed by atoms with van der Waals surface area (Å²) in [7, 11) is 1.35. The normalized spacial score (nSPS) is 16.8. The fourth-order valence-electron chi connectivity index (χ4n) is 3.25. The van der Waals surface area contributed by atoms with Gasteiger partial charge in [0.1, 0.15) is 6.04 Å². The summed E-state index contributed by atoms with van der Waals surface area (Å²) in [6, 6.07) is 5.53. The highest BCUT2D eigenvalue weighted by Gasteiger charge is 2.30. The van der Waals surface area contributed by atoms with Gasteiger partial charge in [0.2, 0.25) is 0 Å². The molecule has 6 nitrogen and oxygen atoms in total. The van der Waals surface area contributed by atoms with Gasteiger partial charge in [0.25, 0.3) is 0 Å². The molecular formula is C20H31N3O3. The van der Waals surface area contributed by atoms with E-state index in [-0.39, 0.29) is 17.9 Å². The molecule has 1 heterocycles. The van der Waals surface area contributed by atoms with Crippen molar-refractivity contribution in [2.75, 3.05) is 38.2 Å². The van der Waals surface area contributed by atoms with Crippen LogP contribution in [0.25, 0.3) is 0 Å². The number of benzene rings is 1. The lowest BCUT2D eigenvalue weighted by atomic mass is 9.99. The van der Waals surface area contributed by atoms with Gasteiger partial charge in [-0.3, -0.25) is 0 Å². The Balaban J connectivity index is 1.97. The first-order valence-corrected chi connectivity index (χ1v) is 9.33. The van der Waals surface area contributed by atoms with Gasteiger partial charge >= 0.3 is 12.0 Å². The van der Waals surface area contributed by atoms with Crippen LogP contribution < -0.4 is 10.2 Å². The summed E-state index contributed by atoms with van der Waals surface area (Å²) in [5, 5.41) is 2.86. The van der Waals surface area contributed by atoms with Gasteiger partial charge in [-0.05, 0) is 37.0 Å². The highest BCUT2D eigenvalue weighted by Crippen LogP contribution is 2.24. The molecule has 0 spiro atoms. The molecule has 144 valence electrons. The Morgan fingerprint density at radius 2 is 1.85 bits per heavy atom. The van der Waals surface area contributed by atoms with Crippen molar-refractivity contribution in [1.29, 1.82) is 0 Å². The Bertz CT molecular complexity index is 639. The molecular weight excluding hydrogens is 330 g/mol. The van der Waals surface area contributed by atoms with Gasteiger partial charge < -0.3 is 19.9 Å². The van der Waals surface area contributed by atoms with Crippen molar-refractivity contribution in [3.63, 3.8) is 0 Å². The Morgan fingerprint density at radius 3 is 2.42 bits per heavy atom. The van der Waals surface area contributed by atoms with Crippen molar-refractivity contribution < 1.29 is 14.3 Å². The van der Waals surface area contributed by atoms with Crippen LogP contribution in [0.1, 0.15) is 31.4 Å². The van der Waals surface area contributed by atoms with Crippen molar-refractivity contribution >= 4 is 17.7 Å². The van der Waals surface area contributed by atoms with Gasteiger partial charge in [-0.25, -0.2) is 9.59 Å². The Kier molecular flexibility index (Phi) is 6.89. The molecule has 1 saturated heterocycles. The van der Waals surface area contributed by atoms with Crippen LogP contribution >= 0.6 is 0 Å². The number of rotatable bonds is 5. The first-order valence-electron chi connectivity index (χ1n) is 9.33. The predicted molar refractivity (Wildman–Crippen MR) is 103 cm³/mol. The third kappa shape index (κ3) is 4.48. The molecule has 1 aromatic carbocycles. The number of urea groups is 1. The molecule has 2 atom stereocenters. The molecule has 0 aliphatic carbocycles. The number of carbonyl (C=O) groups is 2. The number of esters is 1. The van der Waals surface area contributed by atoms with E-state index in [1.54, 1.807) is 4.90 Å². The van der Waals surface area contributed by atoms with Crippen LogP contribution in [0, 0.1) is 19.8 Å². The van der Waals surface area contributed by atoms with Crippen molar-refractivity contribution in [3.05, 3.63) is 29.3 Å². The summed E-state index contributed by atoms with van der Waals surface area (Å²) in [4.78, 5) is 28.7. The number of hydrogen-bond acceptors (Lipinski definition) is 4. The lowest BCUT2D eigenvalue weighted by Crippen LogP contribution is -2.56. The zero-order valence-electron chi connectivity index (χ0n) is 16.5. The maximum atomic E-state index is 12.6. The summed E-state index contributed by atoms with van der Waals surface area (Å²) in [5.41, 5.74) is 3.79. The lowest BCUT2D eigenvalue weighted by Gasteiger charge is -2.37. The van der Waals surface area contributed by atoms with Gasteiger partial charge in [0.05, 0.1) is 7.11 Å². The number of piperazine rings is 1. The SMILES string of the molecule is CC[C@@H](C)[C@H](NC(=O)N1CCN(c2cccc(C)c2C)CC1)C(=O)OC. The molecule has 1 aliphatic heterocycles. The van der Waals surface area contributed by atoms with E-state index in [0.29, 0.717) is 13.1 Å². The van der Waals surface area contributed by atoms with Crippen LogP contribution in [-0.4, -0.2) is 56.2 Å². The molecule has 6 heteroatoms. The molecule has 0 bridgehead atoms. The fraction of sp³-hybridized carbons (Fsp3) is 0.600. The largest absolute Gasteiger partial charge is 0.467 e. The van der Waals surface area contributed by atoms with E-state index >= 15 is 0 Å². The number of aryl methyl sites for hydroxylation is 1. The topological polar surface area (TPSA) is 61.9 Å². The van der Waals surface area contributed by atoms with Gasteiger partial charge in [-0.2, -0.15) is 0 Å². The number of hydrogen-bond donors (Lipinski definition) is 1. The van der Waals surface area contributed by atoms with E-state index in [1.807, 2.05) is 13.8 Å². The smallest absolute Gasteiger partial charge is 0.328 e. The average molecular weight is 361 g/mol. The molecule has 1 N–H and O–H groups in total. The lowest BCUT2D eigenvalue weighted by molar-refractivity contribution is -0.144. The third-order valence-electron chi connectivity index (χ3n) is 5.43. The average Bonchev–Trinajstić information content (AvgIpc) is 2.67. The van der Waals surface area contributed by atoms with Crippen LogP contribution in [0.15, 0.2) is 18.2 Å². The molecule has 2 amide bonds. The van der Waals surface area contributed by atoms with E-state index < -0.39 is 6.04 Å². The monoisotopic (exact) mass is 361 g/mol. The van der Waals surface area contributed by atoms with Gasteiger partial charge in [0.15, 0.2) is 0 Å². The second-order valence-corrected chi connectivity index (χ2v) is 7.03. The van der Waals surface area contributed by atoms with Gasteiger partial charge in [0, 0.05) is 31.9 Å². The molecule has 1 aromatic rings. The number of methoxy groups -OCH3 is 1. The summed E-state index contributed by atoms with van der Waals surface area (Å²) >= 11 is 0. The number of ether oxygens (including phenoxy) is 1. The molecule has 0 radical (unpaired) electrons.